The van der Waals surface area contributed by atoms with Gasteiger partial charge in [-0.25, -0.2) is 4.98 Å². The molecule has 2 rings (SSSR count). The molecular formula is C17H22F3N5O. The Bertz CT molecular complexity index is 695. The Balaban J connectivity index is 2.14. The standard InChI is InChI=1S/C17H22F3N5O/c1-11(2)13(10-26)23-16-24-14(17(18,19)20)9-15(25-16)22-8-6-12-5-3-4-7-21-12/h3-5,7,9,11,13,26H,6,8,10H2,1-2H3,(H2,22,23,24,25)/t13-/m0/s1. The smallest absolute Gasteiger partial charge is 0.394 e. The van der Waals surface area contributed by atoms with Crippen LogP contribution in [0.3, 0.4) is 0 Å². The largest absolute Gasteiger partial charge is 0.433 e. The van der Waals surface area contributed by atoms with Gasteiger partial charge in [-0.15, -0.1) is 0 Å². The molecule has 0 saturated carbocycles. The quantitative estimate of drug-likeness (QED) is 0.664. The van der Waals surface area contributed by atoms with Gasteiger partial charge in [0.05, 0.1) is 12.6 Å². The molecule has 3 N–H and O–H groups in total. The van der Waals surface area contributed by atoms with Crippen LogP contribution in [0.25, 0.3) is 0 Å². The summed E-state index contributed by atoms with van der Waals surface area (Å²) in [6, 6.07) is 5.90. The van der Waals surface area contributed by atoms with Crippen LogP contribution in [0.1, 0.15) is 25.2 Å². The zero-order chi connectivity index (χ0) is 19.2. The van der Waals surface area contributed by atoms with Crippen LogP contribution in [0.2, 0.25) is 0 Å². The maximum absolute atomic E-state index is 13.1. The SMILES string of the molecule is CC(C)[C@H](CO)Nc1nc(NCCc2ccccn2)cc(C(F)(F)F)n1. The fraction of sp³-hybridized carbons (Fsp3) is 0.471. The summed E-state index contributed by atoms with van der Waals surface area (Å²) in [7, 11) is 0. The van der Waals surface area contributed by atoms with Crippen molar-refractivity contribution in [3.8, 4) is 0 Å². The van der Waals surface area contributed by atoms with Gasteiger partial charge < -0.3 is 15.7 Å². The van der Waals surface area contributed by atoms with Gasteiger partial charge in [-0.05, 0) is 18.1 Å². The molecule has 9 heteroatoms. The number of aliphatic hydroxyl groups excluding tert-OH is 1. The van der Waals surface area contributed by atoms with E-state index < -0.39 is 17.9 Å². The lowest BCUT2D eigenvalue weighted by Gasteiger charge is -2.21. The minimum atomic E-state index is -4.59. The molecule has 0 fully saturated rings. The predicted octanol–water partition coefficient (Wildman–Crippen LogP) is 2.97. The zero-order valence-corrected chi connectivity index (χ0v) is 14.6. The molecular weight excluding hydrogens is 347 g/mol. The molecule has 0 aromatic carbocycles. The maximum atomic E-state index is 13.1. The monoisotopic (exact) mass is 369 g/mol. The highest BCUT2D eigenvalue weighted by Gasteiger charge is 2.34. The van der Waals surface area contributed by atoms with Gasteiger partial charge in [0.1, 0.15) is 5.82 Å². The predicted molar refractivity (Wildman–Crippen MR) is 92.8 cm³/mol. The lowest BCUT2D eigenvalue weighted by atomic mass is 10.1. The summed E-state index contributed by atoms with van der Waals surface area (Å²) in [5, 5.41) is 15.0. The van der Waals surface area contributed by atoms with Crippen molar-refractivity contribution >= 4 is 11.8 Å². The molecule has 1 atom stereocenters. The summed E-state index contributed by atoms with van der Waals surface area (Å²) >= 11 is 0. The fourth-order valence-corrected chi connectivity index (χ4v) is 2.20. The Morgan fingerprint density at radius 3 is 2.54 bits per heavy atom. The third-order valence-corrected chi connectivity index (χ3v) is 3.75. The van der Waals surface area contributed by atoms with Crippen molar-refractivity contribution in [1.29, 1.82) is 0 Å². The van der Waals surface area contributed by atoms with Crippen LogP contribution in [0.15, 0.2) is 30.5 Å². The fourth-order valence-electron chi connectivity index (χ4n) is 2.20. The number of halogens is 3. The molecule has 0 aliphatic carbocycles. The van der Waals surface area contributed by atoms with Gasteiger partial charge in [0, 0.05) is 30.9 Å². The van der Waals surface area contributed by atoms with Crippen LogP contribution in [0.4, 0.5) is 24.9 Å². The Hall–Kier alpha value is -2.42. The average molecular weight is 369 g/mol. The highest BCUT2D eigenvalue weighted by molar-refractivity contribution is 5.43. The number of aromatic nitrogens is 3. The van der Waals surface area contributed by atoms with E-state index >= 15 is 0 Å². The Labute approximate surface area is 149 Å². The Kier molecular flexibility index (Phi) is 6.73. The second-order valence-electron chi connectivity index (χ2n) is 6.14. The van der Waals surface area contributed by atoms with Gasteiger partial charge in [-0.3, -0.25) is 4.98 Å². The number of anilines is 2. The van der Waals surface area contributed by atoms with Gasteiger partial charge in [-0.1, -0.05) is 19.9 Å². The van der Waals surface area contributed by atoms with Crippen LogP contribution >= 0.6 is 0 Å². The van der Waals surface area contributed by atoms with Crippen LogP contribution in [0.5, 0.6) is 0 Å². The third kappa shape index (κ3) is 5.83. The number of nitrogens with one attached hydrogen (secondary N) is 2. The number of hydrogen-bond donors (Lipinski definition) is 3. The first kappa shape index (κ1) is 19.9. The minimum absolute atomic E-state index is 0.00120. The van der Waals surface area contributed by atoms with E-state index in [1.165, 1.54) is 0 Å². The molecule has 0 aliphatic rings. The van der Waals surface area contributed by atoms with Crippen molar-refractivity contribution < 1.29 is 18.3 Å². The molecule has 0 aliphatic heterocycles. The van der Waals surface area contributed by atoms with Crippen LogP contribution in [-0.4, -0.2) is 39.3 Å². The van der Waals surface area contributed by atoms with Crippen molar-refractivity contribution in [2.45, 2.75) is 32.5 Å². The number of nitrogens with zero attached hydrogens (tertiary/aromatic N) is 3. The van der Waals surface area contributed by atoms with E-state index in [9.17, 15) is 18.3 Å². The molecule has 0 unspecified atom stereocenters. The molecule has 6 nitrogen and oxygen atoms in total. The van der Waals surface area contributed by atoms with Gasteiger partial charge >= 0.3 is 6.18 Å². The van der Waals surface area contributed by atoms with E-state index in [-0.39, 0.29) is 24.3 Å². The maximum Gasteiger partial charge on any atom is 0.433 e. The van der Waals surface area contributed by atoms with Crippen LogP contribution in [-0.2, 0) is 12.6 Å². The Morgan fingerprint density at radius 2 is 1.96 bits per heavy atom. The van der Waals surface area contributed by atoms with E-state index in [2.05, 4.69) is 25.6 Å². The number of pyridine rings is 1. The molecule has 0 saturated heterocycles. The first-order valence-corrected chi connectivity index (χ1v) is 8.27. The van der Waals surface area contributed by atoms with Crippen molar-refractivity contribution in [3.05, 3.63) is 41.9 Å². The number of hydrogen-bond acceptors (Lipinski definition) is 6. The molecule has 0 radical (unpaired) electrons. The van der Waals surface area contributed by atoms with E-state index in [0.717, 1.165) is 11.8 Å². The molecule has 2 aromatic rings. The van der Waals surface area contributed by atoms with Crippen molar-refractivity contribution in [1.82, 2.24) is 15.0 Å². The Morgan fingerprint density at radius 1 is 1.19 bits per heavy atom. The second-order valence-corrected chi connectivity index (χ2v) is 6.14. The summed E-state index contributed by atoms with van der Waals surface area (Å²) in [6.45, 7) is 3.82. The number of alkyl halides is 3. The summed E-state index contributed by atoms with van der Waals surface area (Å²) in [6.07, 6.45) is -2.39. The first-order valence-electron chi connectivity index (χ1n) is 8.27. The summed E-state index contributed by atoms with van der Waals surface area (Å²) in [4.78, 5) is 11.8. The van der Waals surface area contributed by atoms with Crippen molar-refractivity contribution in [2.75, 3.05) is 23.8 Å². The first-order chi connectivity index (χ1) is 12.3. The number of rotatable bonds is 8. The molecule has 0 bridgehead atoms. The second kappa shape index (κ2) is 8.79. The normalized spacial score (nSPS) is 12.9. The van der Waals surface area contributed by atoms with Crippen LogP contribution in [0, 0.1) is 5.92 Å². The zero-order valence-electron chi connectivity index (χ0n) is 14.6. The van der Waals surface area contributed by atoms with Gasteiger partial charge in [0.25, 0.3) is 0 Å². The topological polar surface area (TPSA) is 83.0 Å². The molecule has 2 heterocycles. The lowest BCUT2D eigenvalue weighted by molar-refractivity contribution is -0.141. The molecule has 0 amide bonds. The van der Waals surface area contributed by atoms with Crippen molar-refractivity contribution in [3.63, 3.8) is 0 Å². The van der Waals surface area contributed by atoms with Crippen LogP contribution < -0.4 is 10.6 Å². The summed E-state index contributed by atoms with van der Waals surface area (Å²) < 4.78 is 39.3. The average Bonchev–Trinajstić information content (AvgIpc) is 2.59. The molecule has 0 spiro atoms. The molecule has 142 valence electrons. The van der Waals surface area contributed by atoms with Gasteiger partial charge in [0.15, 0.2) is 5.69 Å². The molecule has 26 heavy (non-hydrogen) atoms. The van der Waals surface area contributed by atoms with E-state index in [1.807, 2.05) is 26.0 Å². The molecule has 2 aromatic heterocycles. The van der Waals surface area contributed by atoms with E-state index in [4.69, 9.17) is 0 Å². The van der Waals surface area contributed by atoms with Gasteiger partial charge in [0.2, 0.25) is 5.95 Å². The summed E-state index contributed by atoms with van der Waals surface area (Å²) in [5.41, 5.74) is -0.223. The van der Waals surface area contributed by atoms with E-state index in [0.29, 0.717) is 13.0 Å². The van der Waals surface area contributed by atoms with Crippen molar-refractivity contribution in [2.24, 2.45) is 5.92 Å². The highest BCUT2D eigenvalue weighted by atomic mass is 19.4. The number of aliphatic hydroxyl groups is 1. The minimum Gasteiger partial charge on any atom is -0.394 e. The van der Waals surface area contributed by atoms with Gasteiger partial charge in [-0.2, -0.15) is 18.2 Å². The lowest BCUT2D eigenvalue weighted by Crippen LogP contribution is -2.31. The van der Waals surface area contributed by atoms with E-state index in [1.54, 1.807) is 12.3 Å². The third-order valence-electron chi connectivity index (χ3n) is 3.75. The summed E-state index contributed by atoms with van der Waals surface area (Å²) in [5.74, 6) is -0.113. The highest BCUT2D eigenvalue weighted by Crippen LogP contribution is 2.30.